The summed E-state index contributed by atoms with van der Waals surface area (Å²) in [7, 11) is 0. The molecule has 0 radical (unpaired) electrons. The molecule has 1 N–H and O–H groups in total. The van der Waals surface area contributed by atoms with Crippen LogP contribution in [0.25, 0.3) is 0 Å². The summed E-state index contributed by atoms with van der Waals surface area (Å²) in [5, 5.41) is 12.1. The SMILES string of the molecule is Cc1c(F)cc(C#N)cc1NCc1cccc2c1OCO2. The van der Waals surface area contributed by atoms with Crippen LogP contribution in [0.3, 0.4) is 0 Å². The van der Waals surface area contributed by atoms with Crippen molar-refractivity contribution in [1.82, 2.24) is 0 Å². The van der Waals surface area contributed by atoms with Gasteiger partial charge in [-0.25, -0.2) is 4.39 Å². The third-order valence-corrected chi connectivity index (χ3v) is 3.42. The van der Waals surface area contributed by atoms with E-state index in [0.29, 0.717) is 34.9 Å². The summed E-state index contributed by atoms with van der Waals surface area (Å²) in [6.45, 7) is 2.35. The summed E-state index contributed by atoms with van der Waals surface area (Å²) in [4.78, 5) is 0. The first-order valence-corrected chi connectivity index (χ1v) is 6.50. The lowest BCUT2D eigenvalue weighted by Gasteiger charge is -2.12. The number of fused-ring (bicyclic) bond motifs is 1. The van der Waals surface area contributed by atoms with Gasteiger partial charge < -0.3 is 14.8 Å². The monoisotopic (exact) mass is 284 g/mol. The van der Waals surface area contributed by atoms with Crippen LogP contribution in [0.5, 0.6) is 11.5 Å². The molecule has 5 heteroatoms. The molecular formula is C16H13FN2O2. The molecule has 0 amide bonds. The van der Waals surface area contributed by atoms with Gasteiger partial charge >= 0.3 is 0 Å². The van der Waals surface area contributed by atoms with Crippen LogP contribution in [0.1, 0.15) is 16.7 Å². The van der Waals surface area contributed by atoms with E-state index in [1.807, 2.05) is 24.3 Å². The largest absolute Gasteiger partial charge is 0.454 e. The van der Waals surface area contributed by atoms with Gasteiger partial charge in [-0.3, -0.25) is 0 Å². The summed E-state index contributed by atoms with van der Waals surface area (Å²) in [5.41, 5.74) is 2.30. The van der Waals surface area contributed by atoms with E-state index in [-0.39, 0.29) is 6.79 Å². The number of benzene rings is 2. The average Bonchev–Trinajstić information content (AvgIpc) is 2.97. The Morgan fingerprint density at radius 2 is 2.19 bits per heavy atom. The number of para-hydroxylation sites is 1. The van der Waals surface area contributed by atoms with Crippen LogP contribution >= 0.6 is 0 Å². The summed E-state index contributed by atoms with van der Waals surface area (Å²) in [5.74, 6) is 1.02. The van der Waals surface area contributed by atoms with E-state index in [4.69, 9.17) is 14.7 Å². The lowest BCUT2D eigenvalue weighted by Crippen LogP contribution is -2.04. The molecule has 0 atom stereocenters. The number of nitrogens with zero attached hydrogens (tertiary/aromatic N) is 1. The van der Waals surface area contributed by atoms with Gasteiger partial charge in [0.2, 0.25) is 6.79 Å². The molecule has 0 saturated carbocycles. The summed E-state index contributed by atoms with van der Waals surface area (Å²) in [6.07, 6.45) is 0. The Bertz CT molecular complexity index is 738. The molecule has 1 heterocycles. The van der Waals surface area contributed by atoms with Gasteiger partial charge in [0.25, 0.3) is 0 Å². The van der Waals surface area contributed by atoms with Crippen molar-refractivity contribution >= 4 is 5.69 Å². The zero-order valence-corrected chi connectivity index (χ0v) is 11.4. The summed E-state index contributed by atoms with van der Waals surface area (Å²) < 4.78 is 24.5. The van der Waals surface area contributed by atoms with E-state index in [1.54, 1.807) is 13.0 Å². The van der Waals surface area contributed by atoms with Gasteiger partial charge in [0, 0.05) is 23.4 Å². The Hall–Kier alpha value is -2.74. The topological polar surface area (TPSA) is 54.3 Å². The van der Waals surface area contributed by atoms with Crippen molar-refractivity contribution in [2.75, 3.05) is 12.1 Å². The first-order valence-electron chi connectivity index (χ1n) is 6.50. The molecule has 0 aromatic heterocycles. The quantitative estimate of drug-likeness (QED) is 0.939. The molecule has 1 aliphatic heterocycles. The fourth-order valence-electron chi connectivity index (χ4n) is 2.25. The molecule has 2 aromatic carbocycles. The van der Waals surface area contributed by atoms with Crippen LogP contribution in [0.15, 0.2) is 30.3 Å². The van der Waals surface area contributed by atoms with Crippen molar-refractivity contribution in [3.05, 3.63) is 52.8 Å². The van der Waals surface area contributed by atoms with Crippen molar-refractivity contribution in [3.8, 4) is 17.6 Å². The van der Waals surface area contributed by atoms with Crippen molar-refractivity contribution in [1.29, 1.82) is 5.26 Å². The fraction of sp³-hybridized carbons (Fsp3) is 0.188. The second kappa shape index (κ2) is 5.33. The van der Waals surface area contributed by atoms with Crippen LogP contribution in [-0.4, -0.2) is 6.79 Å². The van der Waals surface area contributed by atoms with Crippen molar-refractivity contribution in [2.24, 2.45) is 0 Å². The first kappa shape index (κ1) is 13.3. The van der Waals surface area contributed by atoms with Gasteiger partial charge in [0.15, 0.2) is 11.5 Å². The lowest BCUT2D eigenvalue weighted by atomic mass is 10.1. The normalized spacial score (nSPS) is 12.0. The van der Waals surface area contributed by atoms with Gasteiger partial charge in [-0.2, -0.15) is 5.26 Å². The lowest BCUT2D eigenvalue weighted by molar-refractivity contribution is 0.173. The summed E-state index contributed by atoms with van der Waals surface area (Å²) >= 11 is 0. The number of hydrogen-bond donors (Lipinski definition) is 1. The molecule has 0 saturated heterocycles. The van der Waals surface area contributed by atoms with Crippen LogP contribution in [0.2, 0.25) is 0 Å². The minimum atomic E-state index is -0.394. The van der Waals surface area contributed by atoms with Crippen LogP contribution in [-0.2, 0) is 6.54 Å². The predicted octanol–water partition coefficient (Wildman–Crippen LogP) is 3.35. The third-order valence-electron chi connectivity index (χ3n) is 3.42. The van der Waals surface area contributed by atoms with E-state index in [9.17, 15) is 4.39 Å². The minimum absolute atomic E-state index is 0.212. The molecule has 106 valence electrons. The fourth-order valence-corrected chi connectivity index (χ4v) is 2.25. The number of hydrogen-bond acceptors (Lipinski definition) is 4. The number of rotatable bonds is 3. The van der Waals surface area contributed by atoms with Gasteiger partial charge in [-0.15, -0.1) is 0 Å². The Labute approximate surface area is 121 Å². The maximum atomic E-state index is 13.7. The van der Waals surface area contributed by atoms with Crippen LogP contribution in [0, 0.1) is 24.1 Å². The standard InChI is InChI=1S/C16H13FN2O2/c1-10-13(17)5-11(7-18)6-14(10)19-8-12-3-2-4-15-16(12)21-9-20-15/h2-6,19H,8-9H2,1H3. The van der Waals surface area contributed by atoms with Crippen molar-refractivity contribution in [2.45, 2.75) is 13.5 Å². The number of anilines is 1. The minimum Gasteiger partial charge on any atom is -0.454 e. The maximum absolute atomic E-state index is 13.7. The molecule has 2 aromatic rings. The smallest absolute Gasteiger partial charge is 0.231 e. The number of ether oxygens (including phenoxy) is 2. The maximum Gasteiger partial charge on any atom is 0.231 e. The Kier molecular flexibility index (Phi) is 3.36. The van der Waals surface area contributed by atoms with Crippen LogP contribution < -0.4 is 14.8 Å². The molecule has 0 spiro atoms. The molecule has 0 bridgehead atoms. The molecule has 3 rings (SSSR count). The second-order valence-corrected chi connectivity index (χ2v) is 4.75. The van der Waals surface area contributed by atoms with Gasteiger partial charge in [-0.05, 0) is 25.1 Å². The predicted molar refractivity (Wildman–Crippen MR) is 75.7 cm³/mol. The number of halogens is 1. The highest BCUT2D eigenvalue weighted by Crippen LogP contribution is 2.35. The zero-order valence-electron chi connectivity index (χ0n) is 11.4. The molecule has 1 aliphatic rings. The van der Waals surface area contributed by atoms with Gasteiger partial charge in [-0.1, -0.05) is 12.1 Å². The van der Waals surface area contributed by atoms with Crippen molar-refractivity contribution < 1.29 is 13.9 Å². The van der Waals surface area contributed by atoms with Gasteiger partial charge in [0.05, 0.1) is 11.6 Å². The highest BCUT2D eigenvalue weighted by atomic mass is 19.1. The molecule has 21 heavy (non-hydrogen) atoms. The van der Waals surface area contributed by atoms with E-state index in [1.165, 1.54) is 6.07 Å². The van der Waals surface area contributed by atoms with E-state index in [2.05, 4.69) is 5.32 Å². The molecule has 0 aliphatic carbocycles. The Balaban J connectivity index is 1.85. The Morgan fingerprint density at radius 1 is 1.33 bits per heavy atom. The summed E-state index contributed by atoms with van der Waals surface area (Å²) in [6, 6.07) is 10.5. The zero-order chi connectivity index (χ0) is 14.8. The highest BCUT2D eigenvalue weighted by molar-refractivity contribution is 5.57. The number of nitriles is 1. The van der Waals surface area contributed by atoms with Gasteiger partial charge in [0.1, 0.15) is 5.82 Å². The number of nitrogens with one attached hydrogen (secondary N) is 1. The second-order valence-electron chi connectivity index (χ2n) is 4.75. The third kappa shape index (κ3) is 2.48. The molecule has 0 unspecified atom stereocenters. The highest BCUT2D eigenvalue weighted by Gasteiger charge is 2.17. The molecule has 0 fully saturated rings. The van der Waals surface area contributed by atoms with Crippen LogP contribution in [0.4, 0.5) is 10.1 Å². The van der Waals surface area contributed by atoms with Crippen molar-refractivity contribution in [3.63, 3.8) is 0 Å². The molecule has 4 nitrogen and oxygen atoms in total. The van der Waals surface area contributed by atoms with E-state index >= 15 is 0 Å². The van der Waals surface area contributed by atoms with E-state index < -0.39 is 5.82 Å². The first-order chi connectivity index (χ1) is 10.2. The molecular weight excluding hydrogens is 271 g/mol. The average molecular weight is 284 g/mol. The Morgan fingerprint density at radius 3 is 3.00 bits per heavy atom. The van der Waals surface area contributed by atoms with E-state index in [0.717, 1.165) is 5.56 Å².